The van der Waals surface area contributed by atoms with Gasteiger partial charge in [-0.3, -0.25) is 14.2 Å². The van der Waals surface area contributed by atoms with Gasteiger partial charge >= 0.3 is 5.97 Å². The summed E-state index contributed by atoms with van der Waals surface area (Å²) in [5, 5.41) is 0.481. The number of methoxy groups -OCH3 is 1. The lowest BCUT2D eigenvalue weighted by molar-refractivity contribution is -0.140. The van der Waals surface area contributed by atoms with E-state index in [0.717, 1.165) is 33.8 Å². The molecule has 0 saturated carbocycles. The Morgan fingerprint density at radius 3 is 2.63 bits per heavy atom. The number of ether oxygens (including phenoxy) is 1. The number of carbonyl (C=O) groups is 1. The van der Waals surface area contributed by atoms with Gasteiger partial charge in [-0.1, -0.05) is 31.7 Å². The van der Waals surface area contributed by atoms with Crippen LogP contribution in [0.2, 0.25) is 0 Å². The summed E-state index contributed by atoms with van der Waals surface area (Å²) in [6, 6.07) is 6.03. The SMILES string of the molecule is CC[C@H](Sc1nc2c(c(=O)n1-c1cc(C)cc(C)c1)S[C@@H](C)C2)C(=O)OC. The molecule has 0 fully saturated rings. The molecule has 1 aromatic carbocycles. The van der Waals surface area contributed by atoms with Crippen molar-refractivity contribution in [2.45, 2.75) is 61.1 Å². The molecule has 2 aromatic rings. The highest BCUT2D eigenvalue weighted by molar-refractivity contribution is 8.00. The zero-order valence-corrected chi connectivity index (χ0v) is 17.9. The Morgan fingerprint density at radius 2 is 2.04 bits per heavy atom. The van der Waals surface area contributed by atoms with Crippen LogP contribution in [-0.4, -0.2) is 33.1 Å². The summed E-state index contributed by atoms with van der Waals surface area (Å²) >= 11 is 2.89. The van der Waals surface area contributed by atoms with E-state index in [9.17, 15) is 9.59 Å². The normalized spacial score (nSPS) is 16.9. The molecule has 0 N–H and O–H groups in total. The van der Waals surface area contributed by atoms with Gasteiger partial charge in [-0.15, -0.1) is 11.8 Å². The zero-order chi connectivity index (χ0) is 19.7. The Hall–Kier alpha value is -1.73. The summed E-state index contributed by atoms with van der Waals surface area (Å²) in [5.41, 5.74) is 3.72. The second-order valence-corrected chi connectivity index (χ2v) is 9.45. The Balaban J connectivity index is 2.19. The van der Waals surface area contributed by atoms with E-state index < -0.39 is 5.25 Å². The number of hydrogen-bond donors (Lipinski definition) is 0. The number of hydrogen-bond acceptors (Lipinski definition) is 6. The van der Waals surface area contributed by atoms with Crippen molar-refractivity contribution >= 4 is 29.5 Å². The number of aromatic nitrogens is 2. The number of nitrogens with zero attached hydrogens (tertiary/aromatic N) is 2. The molecule has 2 atom stereocenters. The number of benzene rings is 1. The van der Waals surface area contributed by atoms with Gasteiger partial charge in [0.1, 0.15) is 5.25 Å². The number of thioether (sulfide) groups is 2. The minimum Gasteiger partial charge on any atom is -0.468 e. The van der Waals surface area contributed by atoms with Gasteiger partial charge in [0.15, 0.2) is 5.16 Å². The fourth-order valence-corrected chi connectivity index (χ4v) is 5.41. The van der Waals surface area contributed by atoms with E-state index in [1.165, 1.54) is 18.9 Å². The van der Waals surface area contributed by atoms with E-state index in [-0.39, 0.29) is 11.5 Å². The summed E-state index contributed by atoms with van der Waals surface area (Å²) in [7, 11) is 1.39. The van der Waals surface area contributed by atoms with E-state index in [1.807, 2.05) is 32.9 Å². The van der Waals surface area contributed by atoms with Crippen LogP contribution in [0.3, 0.4) is 0 Å². The van der Waals surface area contributed by atoms with E-state index in [2.05, 4.69) is 13.0 Å². The van der Waals surface area contributed by atoms with Gasteiger partial charge in [-0.2, -0.15) is 0 Å². The van der Waals surface area contributed by atoms with E-state index in [1.54, 1.807) is 16.3 Å². The highest BCUT2D eigenvalue weighted by atomic mass is 32.2. The van der Waals surface area contributed by atoms with Gasteiger partial charge < -0.3 is 4.74 Å². The van der Waals surface area contributed by atoms with Crippen molar-refractivity contribution < 1.29 is 9.53 Å². The Morgan fingerprint density at radius 1 is 1.37 bits per heavy atom. The molecule has 3 rings (SSSR count). The molecule has 0 radical (unpaired) electrons. The summed E-state index contributed by atoms with van der Waals surface area (Å²) < 4.78 is 6.57. The van der Waals surface area contributed by atoms with Crippen LogP contribution in [-0.2, 0) is 16.0 Å². The minimum atomic E-state index is -0.399. The van der Waals surface area contributed by atoms with Crippen LogP contribution < -0.4 is 5.56 Å². The molecule has 0 bridgehead atoms. The molecule has 0 amide bonds. The molecule has 7 heteroatoms. The van der Waals surface area contributed by atoms with Crippen LogP contribution in [0.5, 0.6) is 0 Å². The first-order valence-corrected chi connectivity index (χ1v) is 10.8. The predicted octanol–water partition coefficient (Wildman–Crippen LogP) is 3.93. The van der Waals surface area contributed by atoms with Gasteiger partial charge in [0.2, 0.25) is 0 Å². The molecule has 0 saturated heterocycles. The maximum atomic E-state index is 13.3. The van der Waals surface area contributed by atoms with Crippen molar-refractivity contribution in [2.24, 2.45) is 0 Å². The number of esters is 1. The quantitative estimate of drug-likeness (QED) is 0.427. The molecule has 1 aromatic heterocycles. The number of rotatable bonds is 5. The van der Waals surface area contributed by atoms with Gasteiger partial charge in [-0.25, -0.2) is 4.98 Å². The number of carbonyl (C=O) groups excluding carboxylic acids is 1. The molecule has 27 heavy (non-hydrogen) atoms. The van der Waals surface area contributed by atoms with Gasteiger partial charge in [0, 0.05) is 11.7 Å². The monoisotopic (exact) mass is 404 g/mol. The third-order valence-corrected chi connectivity index (χ3v) is 6.94. The maximum absolute atomic E-state index is 13.3. The first-order valence-electron chi connectivity index (χ1n) is 8.99. The van der Waals surface area contributed by atoms with E-state index in [4.69, 9.17) is 9.72 Å². The standard InChI is InChI=1S/C20H24N2O3S2/c1-6-16(19(24)25-5)27-20-21-15-10-13(4)26-17(15)18(23)22(20)14-8-11(2)7-12(3)9-14/h7-9,13,16H,6,10H2,1-5H3/t13-,16-/m0/s1. The van der Waals surface area contributed by atoms with Crippen molar-refractivity contribution in [1.82, 2.24) is 9.55 Å². The fourth-order valence-electron chi connectivity index (χ4n) is 3.24. The van der Waals surface area contributed by atoms with Crippen molar-refractivity contribution in [3.05, 3.63) is 45.4 Å². The second kappa shape index (κ2) is 8.10. The zero-order valence-electron chi connectivity index (χ0n) is 16.2. The van der Waals surface area contributed by atoms with Crippen LogP contribution >= 0.6 is 23.5 Å². The predicted molar refractivity (Wildman–Crippen MR) is 110 cm³/mol. The van der Waals surface area contributed by atoms with Gasteiger partial charge in [0.05, 0.1) is 23.4 Å². The Labute approximate surface area is 167 Å². The van der Waals surface area contributed by atoms with Crippen molar-refractivity contribution in [3.8, 4) is 5.69 Å². The molecule has 0 unspecified atom stereocenters. The summed E-state index contributed by atoms with van der Waals surface area (Å²) in [4.78, 5) is 31.0. The summed E-state index contributed by atoms with van der Waals surface area (Å²) in [6.07, 6.45) is 1.37. The third kappa shape index (κ3) is 4.09. The minimum absolute atomic E-state index is 0.0541. The smallest absolute Gasteiger partial charge is 0.319 e. The largest absolute Gasteiger partial charge is 0.468 e. The maximum Gasteiger partial charge on any atom is 0.319 e. The summed E-state index contributed by atoms with van der Waals surface area (Å²) in [6.45, 7) is 8.05. The first-order chi connectivity index (χ1) is 12.8. The molecule has 1 aliphatic rings. The molecule has 2 heterocycles. The Bertz CT molecular complexity index is 919. The third-order valence-electron chi connectivity index (χ3n) is 4.43. The van der Waals surface area contributed by atoms with Crippen LogP contribution in [0.1, 0.15) is 37.1 Å². The molecule has 0 aliphatic carbocycles. The molecule has 5 nitrogen and oxygen atoms in total. The highest BCUT2D eigenvalue weighted by Gasteiger charge is 2.29. The van der Waals surface area contributed by atoms with E-state index >= 15 is 0 Å². The van der Waals surface area contributed by atoms with Gasteiger partial charge in [-0.05, 0) is 43.5 Å². The molecular formula is C20H24N2O3S2. The highest BCUT2D eigenvalue weighted by Crippen LogP contribution is 2.36. The topological polar surface area (TPSA) is 61.2 Å². The van der Waals surface area contributed by atoms with Crippen LogP contribution in [0.4, 0.5) is 0 Å². The molecule has 1 aliphatic heterocycles. The van der Waals surface area contributed by atoms with Crippen LogP contribution in [0.25, 0.3) is 5.69 Å². The molecular weight excluding hydrogens is 380 g/mol. The summed E-state index contributed by atoms with van der Waals surface area (Å²) in [5.74, 6) is -0.299. The van der Waals surface area contributed by atoms with Crippen LogP contribution in [0, 0.1) is 13.8 Å². The Kier molecular flexibility index (Phi) is 6.01. The van der Waals surface area contributed by atoms with Crippen molar-refractivity contribution in [2.75, 3.05) is 7.11 Å². The molecule has 0 spiro atoms. The van der Waals surface area contributed by atoms with Crippen LogP contribution in [0.15, 0.2) is 33.0 Å². The average Bonchev–Trinajstić information content (AvgIpc) is 2.98. The fraction of sp³-hybridized carbons (Fsp3) is 0.450. The second-order valence-electron chi connectivity index (χ2n) is 6.83. The number of aryl methyl sites for hydroxylation is 2. The molecule has 144 valence electrons. The lowest BCUT2D eigenvalue weighted by Gasteiger charge is -2.18. The number of fused-ring (bicyclic) bond motifs is 1. The van der Waals surface area contributed by atoms with Crippen molar-refractivity contribution in [3.63, 3.8) is 0 Å². The van der Waals surface area contributed by atoms with Crippen molar-refractivity contribution in [1.29, 1.82) is 0 Å². The average molecular weight is 405 g/mol. The lowest BCUT2D eigenvalue weighted by atomic mass is 10.1. The first kappa shape index (κ1) is 20.0. The van der Waals surface area contributed by atoms with E-state index in [0.29, 0.717) is 16.8 Å². The lowest BCUT2D eigenvalue weighted by Crippen LogP contribution is -2.26. The van der Waals surface area contributed by atoms with Gasteiger partial charge in [0.25, 0.3) is 5.56 Å².